The number of alkyl halides is 1. The van der Waals surface area contributed by atoms with E-state index in [1.807, 2.05) is 0 Å². The molecule has 9 heteroatoms. The van der Waals surface area contributed by atoms with E-state index in [0.717, 1.165) is 31.1 Å². The molecule has 0 unspecified atom stereocenters. The number of hydrogen-bond donors (Lipinski definition) is 0. The van der Waals surface area contributed by atoms with Gasteiger partial charge in [0.2, 0.25) is 10.0 Å². The van der Waals surface area contributed by atoms with Gasteiger partial charge < -0.3 is 4.90 Å². The molecule has 114 valence electrons. The maximum atomic E-state index is 12.1. The molecule has 6 nitrogen and oxygen atoms in total. The number of sulfone groups is 1. The molecule has 1 heterocycles. The molecule has 0 aliphatic carbocycles. The third kappa shape index (κ3) is 6.52. The Morgan fingerprint density at radius 1 is 1.00 bits per heavy atom. The van der Waals surface area contributed by atoms with Crippen molar-refractivity contribution >= 4 is 35.8 Å². The lowest BCUT2D eigenvalue weighted by atomic mass is 10.4. The summed E-state index contributed by atoms with van der Waals surface area (Å²) in [6.45, 7) is 3.40. The third-order valence-electron chi connectivity index (χ3n) is 3.05. The highest BCUT2D eigenvalue weighted by Gasteiger charge is 2.25. The highest BCUT2D eigenvalue weighted by Crippen LogP contribution is 2.09. The predicted octanol–water partition coefficient (Wildman–Crippen LogP) is -0.237. The van der Waals surface area contributed by atoms with E-state index in [4.69, 9.17) is 0 Å². The van der Waals surface area contributed by atoms with Gasteiger partial charge in [0.15, 0.2) is 0 Å². The number of nitrogens with zero attached hydrogens (tertiary/aromatic N) is 2. The van der Waals surface area contributed by atoms with Crippen LogP contribution in [0, 0.1) is 0 Å². The summed E-state index contributed by atoms with van der Waals surface area (Å²) in [6, 6.07) is 0. The van der Waals surface area contributed by atoms with Crippen LogP contribution in [0.2, 0.25) is 0 Å². The van der Waals surface area contributed by atoms with Gasteiger partial charge in [0.1, 0.15) is 9.84 Å². The molecule has 0 amide bonds. The van der Waals surface area contributed by atoms with Crippen molar-refractivity contribution in [2.75, 3.05) is 55.8 Å². The topological polar surface area (TPSA) is 74.8 Å². The molecule has 0 N–H and O–H groups in total. The first-order chi connectivity index (χ1) is 8.74. The normalized spacial score (nSPS) is 20.3. The van der Waals surface area contributed by atoms with E-state index in [1.54, 1.807) is 0 Å². The highest BCUT2D eigenvalue weighted by atomic mass is 79.9. The first-order valence-corrected chi connectivity index (χ1v) is 11.0. The Bertz CT molecular complexity index is 478. The molecule has 19 heavy (non-hydrogen) atoms. The second-order valence-corrected chi connectivity index (χ2v) is 9.87. The third-order valence-corrected chi connectivity index (χ3v) is 6.48. The van der Waals surface area contributed by atoms with Crippen LogP contribution in [0.3, 0.4) is 0 Å². The van der Waals surface area contributed by atoms with Crippen LogP contribution in [0.1, 0.15) is 6.42 Å². The fourth-order valence-corrected chi connectivity index (χ4v) is 5.53. The minimum absolute atomic E-state index is 0.309. The van der Waals surface area contributed by atoms with Gasteiger partial charge >= 0.3 is 0 Å². The van der Waals surface area contributed by atoms with Crippen LogP contribution in [0.4, 0.5) is 0 Å². The molecule has 0 spiro atoms. The minimum Gasteiger partial charge on any atom is -0.301 e. The Kier molecular flexibility index (Phi) is 6.71. The van der Waals surface area contributed by atoms with Gasteiger partial charge in [-0.25, -0.2) is 21.1 Å². The van der Waals surface area contributed by atoms with Crippen molar-refractivity contribution in [2.45, 2.75) is 6.42 Å². The molecule has 0 bridgehead atoms. The van der Waals surface area contributed by atoms with E-state index < -0.39 is 19.9 Å². The largest absolute Gasteiger partial charge is 0.301 e. The Morgan fingerprint density at radius 2 is 1.68 bits per heavy atom. The fourth-order valence-electron chi connectivity index (χ4n) is 1.95. The minimum atomic E-state index is -3.46. The molecule has 1 fully saturated rings. The molecule has 0 aromatic rings. The summed E-state index contributed by atoms with van der Waals surface area (Å²) >= 11 is 3.37. The second-order valence-electron chi connectivity index (χ2n) is 4.73. The van der Waals surface area contributed by atoms with Gasteiger partial charge in [-0.3, -0.25) is 0 Å². The SMILES string of the molecule is CS(=O)(=O)CCS(=O)(=O)N1CCCN(CCBr)CC1. The summed E-state index contributed by atoms with van der Waals surface area (Å²) in [7, 11) is -6.71. The molecule has 1 saturated heterocycles. The number of rotatable bonds is 6. The lowest BCUT2D eigenvalue weighted by Crippen LogP contribution is -2.38. The Labute approximate surface area is 124 Å². The first kappa shape index (κ1) is 17.4. The van der Waals surface area contributed by atoms with Crippen LogP contribution in [-0.2, 0) is 19.9 Å². The van der Waals surface area contributed by atoms with Gasteiger partial charge in [0.05, 0.1) is 11.5 Å². The molecular weight excluding hydrogens is 356 g/mol. The van der Waals surface area contributed by atoms with Crippen LogP contribution in [0.5, 0.6) is 0 Å². The van der Waals surface area contributed by atoms with E-state index >= 15 is 0 Å². The van der Waals surface area contributed by atoms with Gasteiger partial charge in [-0.05, 0) is 13.0 Å². The lowest BCUT2D eigenvalue weighted by Gasteiger charge is -2.21. The molecule has 0 aromatic carbocycles. The van der Waals surface area contributed by atoms with E-state index in [2.05, 4.69) is 20.8 Å². The number of sulfonamides is 1. The standard InChI is InChI=1S/C10H21BrN2O4S2/c1-18(14,15)9-10-19(16,17)13-5-2-4-12(6-3-11)7-8-13/h2-10H2,1H3. The zero-order chi connectivity index (χ0) is 14.5. The molecule has 1 aliphatic rings. The van der Waals surface area contributed by atoms with Gasteiger partial charge in [0, 0.05) is 37.8 Å². The van der Waals surface area contributed by atoms with Crippen molar-refractivity contribution in [1.82, 2.24) is 9.21 Å². The maximum absolute atomic E-state index is 12.1. The quantitative estimate of drug-likeness (QED) is 0.598. The van der Waals surface area contributed by atoms with Crippen molar-refractivity contribution in [3.8, 4) is 0 Å². The predicted molar refractivity (Wildman–Crippen MR) is 79.9 cm³/mol. The van der Waals surface area contributed by atoms with Crippen molar-refractivity contribution < 1.29 is 16.8 Å². The lowest BCUT2D eigenvalue weighted by molar-refractivity contribution is 0.305. The monoisotopic (exact) mass is 376 g/mol. The van der Waals surface area contributed by atoms with Crippen LogP contribution >= 0.6 is 15.9 Å². The molecular formula is C10H21BrN2O4S2. The van der Waals surface area contributed by atoms with Crippen molar-refractivity contribution in [3.63, 3.8) is 0 Å². The summed E-state index contributed by atoms with van der Waals surface area (Å²) in [5.41, 5.74) is 0. The summed E-state index contributed by atoms with van der Waals surface area (Å²) in [5, 5.41) is 0.869. The first-order valence-electron chi connectivity index (χ1n) is 6.18. The van der Waals surface area contributed by atoms with Gasteiger partial charge in [-0.2, -0.15) is 0 Å². The highest BCUT2D eigenvalue weighted by molar-refractivity contribution is 9.09. The summed E-state index contributed by atoms with van der Waals surface area (Å²) in [4.78, 5) is 2.21. The summed E-state index contributed by atoms with van der Waals surface area (Å²) in [5.74, 6) is -0.624. The fraction of sp³-hybridized carbons (Fsp3) is 1.00. The average molecular weight is 377 g/mol. The molecule has 0 atom stereocenters. The summed E-state index contributed by atoms with van der Waals surface area (Å²) in [6.07, 6.45) is 1.84. The molecule has 0 radical (unpaired) electrons. The van der Waals surface area contributed by atoms with Gasteiger partial charge in [-0.1, -0.05) is 15.9 Å². The van der Waals surface area contributed by atoms with Crippen LogP contribution < -0.4 is 0 Å². The van der Waals surface area contributed by atoms with Crippen molar-refractivity contribution in [2.24, 2.45) is 0 Å². The van der Waals surface area contributed by atoms with E-state index in [-0.39, 0.29) is 11.5 Å². The van der Waals surface area contributed by atoms with Crippen molar-refractivity contribution in [3.05, 3.63) is 0 Å². The van der Waals surface area contributed by atoms with E-state index in [1.165, 1.54) is 4.31 Å². The van der Waals surface area contributed by atoms with Gasteiger partial charge in [-0.15, -0.1) is 0 Å². The Hall–Kier alpha value is 0.300. The van der Waals surface area contributed by atoms with Crippen LogP contribution in [-0.4, -0.2) is 81.9 Å². The molecule has 1 aliphatic heterocycles. The zero-order valence-corrected chi connectivity index (χ0v) is 14.3. The Morgan fingerprint density at radius 3 is 2.26 bits per heavy atom. The van der Waals surface area contributed by atoms with Crippen molar-refractivity contribution in [1.29, 1.82) is 0 Å². The zero-order valence-electron chi connectivity index (χ0n) is 11.1. The smallest absolute Gasteiger partial charge is 0.215 e. The number of halogens is 1. The molecule has 0 aromatic heterocycles. The maximum Gasteiger partial charge on any atom is 0.215 e. The Balaban J connectivity index is 2.59. The van der Waals surface area contributed by atoms with Gasteiger partial charge in [0.25, 0.3) is 0 Å². The summed E-state index contributed by atoms with van der Waals surface area (Å²) < 4.78 is 47.7. The molecule has 0 saturated carbocycles. The van der Waals surface area contributed by atoms with Crippen LogP contribution in [0.15, 0.2) is 0 Å². The average Bonchev–Trinajstić information content (AvgIpc) is 2.52. The van der Waals surface area contributed by atoms with E-state index in [0.29, 0.717) is 19.6 Å². The van der Waals surface area contributed by atoms with Crippen LogP contribution in [0.25, 0.3) is 0 Å². The molecule has 1 rings (SSSR count). The second kappa shape index (κ2) is 7.35. The van der Waals surface area contributed by atoms with E-state index in [9.17, 15) is 16.8 Å². The number of hydrogen-bond acceptors (Lipinski definition) is 5.